The van der Waals surface area contributed by atoms with Crippen molar-refractivity contribution in [2.75, 3.05) is 18.5 Å². The molecule has 1 fully saturated rings. The maximum absolute atomic E-state index is 12.2. The second-order valence-corrected chi connectivity index (χ2v) is 6.64. The number of amides is 5. The summed E-state index contributed by atoms with van der Waals surface area (Å²) in [6.07, 6.45) is 1.33. The van der Waals surface area contributed by atoms with E-state index in [9.17, 15) is 19.2 Å². The van der Waals surface area contributed by atoms with E-state index in [1.165, 1.54) is 6.08 Å². The maximum atomic E-state index is 12.2. The van der Waals surface area contributed by atoms with Crippen LogP contribution in [0.5, 0.6) is 11.5 Å². The van der Waals surface area contributed by atoms with Gasteiger partial charge in [-0.15, -0.1) is 0 Å². The Kier molecular flexibility index (Phi) is 6.66. The first kappa shape index (κ1) is 21.6. The molecule has 0 saturated carbocycles. The summed E-state index contributed by atoms with van der Waals surface area (Å²) in [6.45, 7) is 3.84. The van der Waals surface area contributed by atoms with Crippen LogP contribution >= 0.6 is 0 Å². The summed E-state index contributed by atoms with van der Waals surface area (Å²) in [6, 6.07) is 11.2. The van der Waals surface area contributed by atoms with E-state index in [1.807, 2.05) is 29.7 Å². The van der Waals surface area contributed by atoms with E-state index in [-0.39, 0.29) is 18.1 Å². The first-order valence-corrected chi connectivity index (χ1v) is 9.50. The van der Waals surface area contributed by atoms with Crippen LogP contribution in [-0.2, 0) is 14.4 Å². The number of ether oxygens (including phenoxy) is 2. The molecule has 0 spiro atoms. The average molecular weight is 423 g/mol. The Morgan fingerprint density at radius 3 is 2.29 bits per heavy atom. The topological polar surface area (TPSA) is 123 Å². The molecule has 160 valence electrons. The van der Waals surface area contributed by atoms with Crippen LogP contribution < -0.4 is 25.4 Å². The number of hydrogen-bond acceptors (Lipinski definition) is 6. The molecular formula is C22H21N3O6. The van der Waals surface area contributed by atoms with Crippen LogP contribution in [-0.4, -0.2) is 37.0 Å². The number of benzene rings is 2. The smallest absolute Gasteiger partial charge is 0.328 e. The summed E-state index contributed by atoms with van der Waals surface area (Å²) in [5.41, 5.74) is 2.01. The van der Waals surface area contributed by atoms with Gasteiger partial charge in [0.05, 0.1) is 6.61 Å². The Hall–Kier alpha value is -4.14. The molecule has 0 aliphatic carbocycles. The molecule has 2 aromatic rings. The van der Waals surface area contributed by atoms with E-state index in [4.69, 9.17) is 9.47 Å². The standard InChI is InChI=1S/C22H21N3O6/c1-3-30-18-11-14(10-16-20(27)24-22(29)25-21(16)28)6-9-17(18)31-12-19(26)23-15-7-4-13(2)5-8-15/h4-11H,3,12H2,1-2H3,(H,23,26)(H2,24,25,27,28,29). The lowest BCUT2D eigenvalue weighted by molar-refractivity contribution is -0.124. The fourth-order valence-corrected chi connectivity index (χ4v) is 2.75. The third-order valence-corrected chi connectivity index (χ3v) is 4.22. The number of anilines is 1. The van der Waals surface area contributed by atoms with Crippen molar-refractivity contribution in [3.8, 4) is 11.5 Å². The van der Waals surface area contributed by atoms with Gasteiger partial charge in [-0.05, 0) is 49.8 Å². The third-order valence-electron chi connectivity index (χ3n) is 4.22. The van der Waals surface area contributed by atoms with Crippen LogP contribution in [0.25, 0.3) is 6.08 Å². The van der Waals surface area contributed by atoms with E-state index in [0.717, 1.165) is 5.56 Å². The Labute approximate surface area is 178 Å². The summed E-state index contributed by atoms with van der Waals surface area (Å²) in [4.78, 5) is 47.1. The van der Waals surface area contributed by atoms with Gasteiger partial charge >= 0.3 is 6.03 Å². The second-order valence-electron chi connectivity index (χ2n) is 6.64. The summed E-state index contributed by atoms with van der Waals surface area (Å²) in [5.74, 6) is -1.25. The van der Waals surface area contributed by atoms with Crippen LogP contribution in [0.2, 0.25) is 0 Å². The van der Waals surface area contributed by atoms with E-state index < -0.39 is 17.8 Å². The van der Waals surface area contributed by atoms with Crippen molar-refractivity contribution < 1.29 is 28.7 Å². The van der Waals surface area contributed by atoms with E-state index in [0.29, 0.717) is 29.4 Å². The normalized spacial score (nSPS) is 13.2. The highest BCUT2D eigenvalue weighted by Crippen LogP contribution is 2.29. The van der Waals surface area contributed by atoms with Gasteiger partial charge in [-0.25, -0.2) is 4.79 Å². The number of carbonyl (C=O) groups excluding carboxylic acids is 4. The van der Waals surface area contributed by atoms with Gasteiger partial charge in [0.1, 0.15) is 5.57 Å². The Bertz CT molecular complexity index is 1040. The van der Waals surface area contributed by atoms with Gasteiger partial charge in [0.2, 0.25) is 0 Å². The van der Waals surface area contributed by atoms with Crippen LogP contribution in [0.15, 0.2) is 48.0 Å². The quantitative estimate of drug-likeness (QED) is 0.463. The van der Waals surface area contributed by atoms with Gasteiger partial charge in [0.25, 0.3) is 17.7 Å². The monoisotopic (exact) mass is 423 g/mol. The fourth-order valence-electron chi connectivity index (χ4n) is 2.75. The summed E-state index contributed by atoms with van der Waals surface area (Å²) in [5, 5.41) is 6.76. The molecule has 3 N–H and O–H groups in total. The van der Waals surface area contributed by atoms with Gasteiger partial charge < -0.3 is 14.8 Å². The van der Waals surface area contributed by atoms with Gasteiger partial charge in [-0.3, -0.25) is 25.0 Å². The molecule has 0 aromatic heterocycles. The van der Waals surface area contributed by atoms with Gasteiger partial charge in [-0.2, -0.15) is 0 Å². The lowest BCUT2D eigenvalue weighted by atomic mass is 10.1. The van der Waals surface area contributed by atoms with Crippen LogP contribution in [0.1, 0.15) is 18.1 Å². The minimum atomic E-state index is -0.866. The fraction of sp³-hybridized carbons (Fsp3) is 0.182. The van der Waals surface area contributed by atoms with Crippen molar-refractivity contribution in [1.29, 1.82) is 0 Å². The van der Waals surface area contributed by atoms with Crippen molar-refractivity contribution in [1.82, 2.24) is 10.6 Å². The van der Waals surface area contributed by atoms with E-state index >= 15 is 0 Å². The first-order chi connectivity index (χ1) is 14.9. The van der Waals surface area contributed by atoms with Crippen LogP contribution in [0, 0.1) is 6.92 Å². The zero-order valence-corrected chi connectivity index (χ0v) is 17.0. The summed E-state index contributed by atoms with van der Waals surface area (Å²) < 4.78 is 11.1. The maximum Gasteiger partial charge on any atom is 0.328 e. The number of urea groups is 1. The van der Waals surface area contributed by atoms with Gasteiger partial charge in [-0.1, -0.05) is 23.8 Å². The molecule has 9 nitrogen and oxygen atoms in total. The molecule has 0 atom stereocenters. The highest BCUT2D eigenvalue weighted by molar-refractivity contribution is 6.31. The Balaban J connectivity index is 1.71. The molecule has 0 radical (unpaired) electrons. The number of carbonyl (C=O) groups is 4. The van der Waals surface area contributed by atoms with Crippen molar-refractivity contribution in [2.45, 2.75) is 13.8 Å². The van der Waals surface area contributed by atoms with Crippen molar-refractivity contribution in [2.24, 2.45) is 0 Å². The summed E-state index contributed by atoms with van der Waals surface area (Å²) in [7, 11) is 0. The molecule has 31 heavy (non-hydrogen) atoms. The van der Waals surface area contributed by atoms with Crippen LogP contribution in [0.3, 0.4) is 0 Å². The molecule has 1 aliphatic heterocycles. The van der Waals surface area contributed by atoms with Crippen LogP contribution in [0.4, 0.5) is 10.5 Å². The van der Waals surface area contributed by atoms with E-state index in [1.54, 1.807) is 37.3 Å². The Morgan fingerprint density at radius 2 is 1.65 bits per heavy atom. The molecule has 2 aromatic carbocycles. The molecule has 1 heterocycles. The third kappa shape index (κ3) is 5.69. The Morgan fingerprint density at radius 1 is 0.968 bits per heavy atom. The minimum Gasteiger partial charge on any atom is -0.490 e. The van der Waals surface area contributed by atoms with Crippen molar-refractivity contribution in [3.63, 3.8) is 0 Å². The first-order valence-electron chi connectivity index (χ1n) is 9.50. The molecule has 3 rings (SSSR count). The average Bonchev–Trinajstić information content (AvgIpc) is 2.72. The van der Waals surface area contributed by atoms with E-state index in [2.05, 4.69) is 5.32 Å². The molecule has 0 bridgehead atoms. The zero-order chi connectivity index (χ0) is 22.4. The number of imide groups is 2. The van der Waals surface area contributed by atoms with Crippen molar-refractivity contribution >= 4 is 35.5 Å². The number of rotatable bonds is 7. The molecule has 5 amide bonds. The number of aryl methyl sites for hydroxylation is 1. The largest absolute Gasteiger partial charge is 0.490 e. The zero-order valence-electron chi connectivity index (χ0n) is 17.0. The summed E-state index contributed by atoms with van der Waals surface area (Å²) >= 11 is 0. The molecular weight excluding hydrogens is 402 g/mol. The predicted molar refractivity (Wildman–Crippen MR) is 113 cm³/mol. The lowest BCUT2D eigenvalue weighted by Gasteiger charge is -2.15. The van der Waals surface area contributed by atoms with Crippen molar-refractivity contribution in [3.05, 3.63) is 59.2 Å². The van der Waals surface area contributed by atoms with Gasteiger partial charge in [0, 0.05) is 5.69 Å². The number of nitrogens with one attached hydrogen (secondary N) is 3. The highest BCUT2D eigenvalue weighted by Gasteiger charge is 2.27. The molecule has 9 heteroatoms. The molecule has 1 saturated heterocycles. The SMILES string of the molecule is CCOc1cc(C=C2C(=O)NC(=O)NC2=O)ccc1OCC(=O)Nc1ccc(C)cc1. The molecule has 1 aliphatic rings. The number of hydrogen-bond donors (Lipinski definition) is 3. The minimum absolute atomic E-state index is 0.215. The van der Waals surface area contributed by atoms with Gasteiger partial charge in [0.15, 0.2) is 18.1 Å². The molecule has 0 unspecified atom stereocenters. The second kappa shape index (κ2) is 9.57. The lowest BCUT2D eigenvalue weighted by Crippen LogP contribution is -2.51. The predicted octanol–water partition coefficient (Wildman–Crippen LogP) is 2.16. The number of barbiturate groups is 1. The highest BCUT2D eigenvalue weighted by atomic mass is 16.5.